The van der Waals surface area contributed by atoms with Gasteiger partial charge in [0.2, 0.25) is 0 Å². The van der Waals surface area contributed by atoms with E-state index in [1.165, 1.54) is 77.9 Å². The first-order valence-corrected chi connectivity index (χ1v) is 33.7. The molecule has 0 bridgehead atoms. The molecule has 7 atom stereocenters. The quantitative estimate of drug-likeness (QED) is 0.0545. The van der Waals surface area contributed by atoms with E-state index < -0.39 is 15.5 Å². The maximum atomic E-state index is 11.2. The molecule has 0 aliphatic carbocycles. The van der Waals surface area contributed by atoms with Gasteiger partial charge < -0.3 is 0 Å². The average Bonchev–Trinajstić information content (AvgIpc) is 1.97. The van der Waals surface area contributed by atoms with E-state index in [0.29, 0.717) is 42.7 Å². The summed E-state index contributed by atoms with van der Waals surface area (Å²) in [5.74, 6) is 2.29. The minimum Gasteiger partial charge on any atom is -0.0622 e. The monoisotopic (exact) mass is 1320 g/mol. The number of halogens is 11. The predicted octanol–water partition coefficient (Wildman–Crippen LogP) is 27.0. The van der Waals surface area contributed by atoms with Crippen LogP contribution in [0.3, 0.4) is 0 Å². The molecule has 0 nitrogen and oxygen atoms in total. The molecule has 0 fully saturated rings. The van der Waals surface area contributed by atoms with Crippen LogP contribution in [0, 0.1) is 20.8 Å². The molecule has 0 heterocycles. The molecular weight excluding hydrogens is 1240 g/mol. The minimum absolute atomic E-state index is 0.215. The number of benzene rings is 10. The predicted molar refractivity (Wildman–Crippen MR) is 363 cm³/mol. The van der Waals surface area contributed by atoms with Crippen LogP contribution in [0.2, 0.25) is 0 Å². The Hall–Kier alpha value is -7.42. The van der Waals surface area contributed by atoms with Gasteiger partial charge in [0, 0.05) is 40.5 Å². The smallest absolute Gasteiger partial charge is 0.0175 e. The number of alkyl halides is 1. The Morgan fingerprint density at radius 2 is 0.506 bits per heavy atom. The van der Waals surface area contributed by atoms with Crippen LogP contribution in [0.1, 0.15) is 134 Å². The van der Waals surface area contributed by atoms with E-state index in [2.05, 4.69) is 337 Å². The van der Waals surface area contributed by atoms with Gasteiger partial charge in [-0.15, -0.1) is 0 Å². The van der Waals surface area contributed by atoms with Crippen molar-refractivity contribution in [3.63, 3.8) is 0 Å². The van der Waals surface area contributed by atoms with Crippen LogP contribution in [0.4, 0.5) is 43.7 Å². The first-order valence-electron chi connectivity index (χ1n) is 28.7. The third-order valence-corrected chi connectivity index (χ3v) is 19.0. The molecule has 0 spiro atoms. The fraction of sp³-hybridized carbons (Fsp3) is 0.184. The molecule has 0 radical (unpaired) electrons. The molecule has 0 amide bonds. The van der Waals surface area contributed by atoms with Gasteiger partial charge in [-0.25, -0.2) is 0 Å². The molecule has 89 heavy (non-hydrogen) atoms. The van der Waals surface area contributed by atoms with Crippen LogP contribution >= 0.6 is 31.4 Å². The maximum absolute atomic E-state index is 11.2. The minimum atomic E-state index is -7.79. The van der Waals surface area contributed by atoms with E-state index in [0.717, 1.165) is 4.47 Å². The Morgan fingerprint density at radius 1 is 0.315 bits per heavy atom. The summed E-state index contributed by atoms with van der Waals surface area (Å²) in [7, 11) is -11.1. The van der Waals surface area contributed by atoms with Gasteiger partial charge in [-0.2, -0.15) is 0 Å². The van der Waals surface area contributed by atoms with Crippen molar-refractivity contribution < 1.29 is 43.7 Å². The van der Waals surface area contributed by atoms with Gasteiger partial charge in [-0.05, 0) is 112 Å². The fourth-order valence-corrected chi connectivity index (χ4v) is 10.6. The molecule has 10 aromatic carbocycles. The van der Waals surface area contributed by atoms with Gasteiger partial charge >= 0.3 is 43.1 Å². The van der Waals surface area contributed by atoms with Crippen molar-refractivity contribution in [2.45, 2.75) is 77.0 Å². The Balaban J connectivity index is 0.000000261. The summed E-state index contributed by atoms with van der Waals surface area (Å²) < 4.78 is 97.8. The average molecular weight is 1320 g/mol. The second kappa shape index (κ2) is 38.2. The molecule has 0 aromatic heterocycles. The largest absolute Gasteiger partial charge is 0.0622 e. The molecule has 0 aliphatic heterocycles. The summed E-state index contributed by atoms with van der Waals surface area (Å²) in [5.41, 5.74) is 18.7. The molecule has 10 aromatic rings. The van der Waals surface area contributed by atoms with Crippen LogP contribution in [0.25, 0.3) is 12.2 Å². The third kappa shape index (κ3) is 24.1. The Labute approximate surface area is 530 Å². The topological polar surface area (TPSA) is 0 Å². The van der Waals surface area contributed by atoms with Crippen molar-refractivity contribution in [1.82, 2.24) is 0 Å². The zero-order valence-corrected chi connectivity index (χ0v) is 54.5. The Morgan fingerprint density at radius 3 is 0.753 bits per heavy atom. The SMILES string of the molecule is CF.CP(F)P(F)(F)(F)F.Cc1ccc(C(c2ccc(/C=C/c3ccccc3)cc2)C(C)c2ccccc2)cc1.Cc1ccc(C(c2ccc(Br)cc2)C(C)c2ccccc2)cc1.Cc1ccc(C(c2ccccc2)C(C)c2ccccc2)cc1.FF.FF. The summed E-state index contributed by atoms with van der Waals surface area (Å²) in [6.45, 7) is 13.6. The number of hydrogen-bond acceptors (Lipinski definition) is 0. The van der Waals surface area contributed by atoms with Crippen LogP contribution < -0.4 is 0 Å². The zero-order chi connectivity index (χ0) is 65.4. The van der Waals surface area contributed by atoms with E-state index in [9.17, 15) is 25.4 Å². The normalized spacial score (nSPS) is 13.4. The van der Waals surface area contributed by atoms with Crippen LogP contribution in [-0.4, -0.2) is 13.8 Å². The molecular formula is C76H77BrF10P2. The number of aryl methyl sites for hydroxylation is 3. The number of rotatable bonds is 15. The van der Waals surface area contributed by atoms with Crippen molar-refractivity contribution in [1.29, 1.82) is 0 Å². The van der Waals surface area contributed by atoms with E-state index in [1.807, 2.05) is 6.07 Å². The van der Waals surface area contributed by atoms with Crippen molar-refractivity contribution >= 4 is 43.5 Å². The van der Waals surface area contributed by atoms with E-state index in [4.69, 9.17) is 18.3 Å². The zero-order valence-electron chi connectivity index (χ0n) is 51.2. The molecule has 7 unspecified atom stereocenters. The molecule has 10 rings (SSSR count). The second-order valence-corrected chi connectivity index (χ2v) is 27.9. The molecule has 0 N–H and O–H groups in total. The first kappa shape index (κ1) is 74.0. The van der Waals surface area contributed by atoms with Gasteiger partial charge in [0.25, 0.3) is 0 Å². The maximum Gasteiger partial charge on any atom is 0.0175 e. The molecule has 0 saturated carbocycles. The van der Waals surface area contributed by atoms with Crippen molar-refractivity contribution in [2.75, 3.05) is 13.8 Å². The van der Waals surface area contributed by atoms with Crippen molar-refractivity contribution in [3.05, 3.63) is 355 Å². The van der Waals surface area contributed by atoms with Crippen LogP contribution in [-0.2, 0) is 0 Å². The van der Waals surface area contributed by atoms with Crippen LogP contribution in [0.5, 0.6) is 0 Å². The van der Waals surface area contributed by atoms with E-state index in [1.54, 1.807) is 0 Å². The summed E-state index contributed by atoms with van der Waals surface area (Å²) in [6.07, 6.45) is 4.35. The molecule has 0 saturated heterocycles. The van der Waals surface area contributed by atoms with Gasteiger partial charge in [0.1, 0.15) is 0 Å². The van der Waals surface area contributed by atoms with Crippen molar-refractivity contribution in [3.8, 4) is 0 Å². The summed E-state index contributed by atoms with van der Waals surface area (Å²) >= 11 is 3.54. The summed E-state index contributed by atoms with van der Waals surface area (Å²) in [4.78, 5) is 0. The Kier molecular flexibility index (Phi) is 31.8. The van der Waals surface area contributed by atoms with E-state index >= 15 is 0 Å². The third-order valence-electron chi connectivity index (χ3n) is 15.2. The standard InChI is InChI=1S/C30H28.C22H21Br.C22H22.CH3F5P2.CH3F.2F2/c1-23-13-19-28(20-14-23)30(24(2)27-11-7-4-8-12-27)29-21-17-26(18-22-29)16-15-25-9-5-3-6-10-25;1-16-8-10-19(11-9-16)22(20-12-14-21(23)15-13-20)17(2)18-6-4-3-5-7-18;1-17-13-15-21(16-14-17)22(20-11-7-4-8-12-20)18(2)19-9-5-3-6-10-19;1-7(2)8(3,4,5)6;3*1-2/h3-22,24,30H,1-2H3;3-15,17,22H,1-2H3;3-16,18,22H,1-2H3;1H3;1H3;;/b16-15+;;;;;;. The molecule has 0 aliphatic rings. The van der Waals surface area contributed by atoms with Gasteiger partial charge in [-0.3, -0.25) is 4.39 Å². The first-order chi connectivity index (χ1) is 42.8. The number of hydrogen-bond donors (Lipinski definition) is 0. The second-order valence-electron chi connectivity index (χ2n) is 21.3. The summed E-state index contributed by atoms with van der Waals surface area (Å²) in [5, 5.41) is 0. The van der Waals surface area contributed by atoms with Gasteiger partial charge in [0.15, 0.2) is 0 Å². The van der Waals surface area contributed by atoms with Gasteiger partial charge in [-0.1, -0.05) is 326 Å². The summed E-state index contributed by atoms with van der Waals surface area (Å²) in [6, 6.07) is 98.4. The molecule has 468 valence electrons. The Bertz CT molecular complexity index is 3450. The molecule has 13 heteroatoms. The fourth-order valence-electron chi connectivity index (χ4n) is 10.4. The van der Waals surface area contributed by atoms with Crippen LogP contribution in [0.15, 0.2) is 277 Å². The van der Waals surface area contributed by atoms with Gasteiger partial charge in [0.05, 0.1) is 7.18 Å². The van der Waals surface area contributed by atoms with Crippen molar-refractivity contribution in [2.24, 2.45) is 0 Å². The van der Waals surface area contributed by atoms with E-state index in [-0.39, 0.29) is 6.66 Å².